The molecule has 2 aromatic carbocycles. The zero-order chi connectivity index (χ0) is 18.3. The molecule has 0 amide bonds. The van der Waals surface area contributed by atoms with E-state index in [1.165, 1.54) is 13.0 Å². The van der Waals surface area contributed by atoms with Gasteiger partial charge in [-0.15, -0.1) is 0 Å². The van der Waals surface area contributed by atoms with Crippen LogP contribution in [0.4, 0.5) is 5.69 Å². The van der Waals surface area contributed by atoms with Crippen LogP contribution in [0.1, 0.15) is 5.56 Å². The first-order chi connectivity index (χ1) is 10.9. The van der Waals surface area contributed by atoms with Gasteiger partial charge in [0.15, 0.2) is 0 Å². The van der Waals surface area contributed by atoms with Gasteiger partial charge in [0.1, 0.15) is 4.90 Å². The summed E-state index contributed by atoms with van der Waals surface area (Å²) in [6.45, 7) is 1.47. The van der Waals surface area contributed by atoms with E-state index in [1.807, 2.05) is 0 Å². The van der Waals surface area contributed by atoms with Crippen molar-refractivity contribution in [3.63, 3.8) is 0 Å². The third kappa shape index (κ3) is 3.43. The molecule has 2 aromatic rings. The van der Waals surface area contributed by atoms with E-state index in [1.54, 1.807) is 0 Å². The van der Waals surface area contributed by atoms with Gasteiger partial charge in [-0.2, -0.15) is 16.8 Å². The van der Waals surface area contributed by atoms with Gasteiger partial charge in [-0.05, 0) is 36.2 Å². The second kappa shape index (κ2) is 5.94. The lowest BCUT2D eigenvalue weighted by Gasteiger charge is -2.12. The van der Waals surface area contributed by atoms with E-state index in [2.05, 4.69) is 0 Å². The van der Waals surface area contributed by atoms with Gasteiger partial charge in [-0.1, -0.05) is 12.1 Å². The van der Waals surface area contributed by atoms with Gasteiger partial charge in [-0.3, -0.25) is 19.2 Å². The Balaban J connectivity index is 2.99. The molecule has 0 saturated carbocycles. The summed E-state index contributed by atoms with van der Waals surface area (Å²) in [5.74, 6) is 0. The van der Waals surface area contributed by atoms with Gasteiger partial charge in [0.25, 0.3) is 25.9 Å². The number of nitro groups is 1. The van der Waals surface area contributed by atoms with Crippen LogP contribution < -0.4 is 0 Å². The number of aryl methyl sites for hydroxylation is 1. The van der Waals surface area contributed by atoms with Crippen molar-refractivity contribution in [3.05, 3.63) is 52.1 Å². The molecule has 0 atom stereocenters. The lowest BCUT2D eigenvalue weighted by atomic mass is 9.99. The fourth-order valence-corrected chi connectivity index (χ4v) is 3.42. The Hall–Kier alpha value is -2.34. The monoisotopic (exact) mass is 373 g/mol. The van der Waals surface area contributed by atoms with E-state index in [0.717, 1.165) is 30.3 Å². The Bertz CT molecular complexity index is 1040. The molecule has 2 N–H and O–H groups in total. The van der Waals surface area contributed by atoms with Crippen molar-refractivity contribution in [1.29, 1.82) is 0 Å². The zero-order valence-electron chi connectivity index (χ0n) is 12.1. The first-order valence-corrected chi connectivity index (χ1v) is 9.14. The lowest BCUT2D eigenvalue weighted by Crippen LogP contribution is -2.05. The van der Waals surface area contributed by atoms with Crippen molar-refractivity contribution in [1.82, 2.24) is 0 Å². The summed E-state index contributed by atoms with van der Waals surface area (Å²) in [6.07, 6.45) is 0. The summed E-state index contributed by atoms with van der Waals surface area (Å²) in [5.41, 5.74) is -0.916. The summed E-state index contributed by atoms with van der Waals surface area (Å²) < 4.78 is 64.2. The summed E-state index contributed by atoms with van der Waals surface area (Å²) in [5, 5.41) is 11.2. The maximum Gasteiger partial charge on any atom is 0.295 e. The summed E-state index contributed by atoms with van der Waals surface area (Å²) >= 11 is 0. The van der Waals surface area contributed by atoms with E-state index in [-0.39, 0.29) is 5.56 Å². The fourth-order valence-electron chi connectivity index (χ4n) is 2.19. The predicted molar refractivity (Wildman–Crippen MR) is 82.9 cm³/mol. The number of nitro benzene ring substituents is 1. The molecule has 0 saturated heterocycles. The van der Waals surface area contributed by atoms with E-state index in [9.17, 15) is 31.5 Å². The van der Waals surface area contributed by atoms with Crippen LogP contribution in [0.25, 0.3) is 11.1 Å². The van der Waals surface area contributed by atoms with E-state index < -0.39 is 46.2 Å². The lowest BCUT2D eigenvalue weighted by molar-refractivity contribution is -0.384. The van der Waals surface area contributed by atoms with Crippen molar-refractivity contribution in [2.24, 2.45) is 0 Å². The van der Waals surface area contributed by atoms with Gasteiger partial charge in [0.05, 0.1) is 15.4 Å². The summed E-state index contributed by atoms with van der Waals surface area (Å²) in [7, 11) is -9.43. The predicted octanol–water partition coefficient (Wildman–Crippen LogP) is 2.06. The number of hydrogen-bond acceptors (Lipinski definition) is 6. The van der Waals surface area contributed by atoms with Crippen molar-refractivity contribution >= 4 is 25.9 Å². The van der Waals surface area contributed by atoms with Crippen LogP contribution in [0.2, 0.25) is 0 Å². The number of rotatable bonds is 4. The zero-order valence-corrected chi connectivity index (χ0v) is 13.7. The van der Waals surface area contributed by atoms with Crippen LogP contribution in [0, 0.1) is 17.0 Å². The highest BCUT2D eigenvalue weighted by Gasteiger charge is 2.27. The van der Waals surface area contributed by atoms with E-state index in [4.69, 9.17) is 4.55 Å². The van der Waals surface area contributed by atoms with Gasteiger partial charge < -0.3 is 0 Å². The first kappa shape index (κ1) is 18.0. The second-order valence-corrected chi connectivity index (χ2v) is 7.65. The Morgan fingerprint density at radius 3 is 2.12 bits per heavy atom. The van der Waals surface area contributed by atoms with Gasteiger partial charge in [-0.25, -0.2) is 0 Å². The number of hydrogen-bond donors (Lipinski definition) is 2. The third-order valence-corrected chi connectivity index (χ3v) is 5.00. The van der Waals surface area contributed by atoms with Crippen molar-refractivity contribution in [2.75, 3.05) is 0 Å². The maximum absolute atomic E-state index is 11.6. The number of nitrogens with zero attached hydrogens (tertiary/aromatic N) is 1. The highest BCUT2D eigenvalue weighted by atomic mass is 32.2. The topological polar surface area (TPSA) is 152 Å². The Morgan fingerprint density at radius 1 is 1.00 bits per heavy atom. The normalized spacial score (nSPS) is 12.1. The highest BCUT2D eigenvalue weighted by molar-refractivity contribution is 7.86. The largest absolute Gasteiger partial charge is 0.295 e. The minimum atomic E-state index is -4.82. The summed E-state index contributed by atoms with van der Waals surface area (Å²) in [6, 6.07) is 6.27. The Kier molecular flexibility index (Phi) is 4.46. The van der Waals surface area contributed by atoms with Gasteiger partial charge in [0, 0.05) is 6.07 Å². The van der Waals surface area contributed by atoms with Gasteiger partial charge >= 0.3 is 0 Å². The third-order valence-electron chi connectivity index (χ3n) is 3.26. The molecule has 0 bridgehead atoms. The van der Waals surface area contributed by atoms with Gasteiger partial charge in [0.2, 0.25) is 0 Å². The molecule has 0 fully saturated rings. The molecule has 0 radical (unpaired) electrons. The maximum atomic E-state index is 11.6. The molecule has 24 heavy (non-hydrogen) atoms. The molecule has 0 spiro atoms. The van der Waals surface area contributed by atoms with Crippen LogP contribution >= 0.6 is 0 Å². The van der Waals surface area contributed by atoms with E-state index >= 15 is 0 Å². The smallest absolute Gasteiger partial charge is 0.282 e. The molecule has 0 heterocycles. The highest BCUT2D eigenvalue weighted by Crippen LogP contribution is 2.38. The Morgan fingerprint density at radius 2 is 1.62 bits per heavy atom. The molecule has 2 rings (SSSR count). The molecular formula is C13H11NO8S2. The average molecular weight is 373 g/mol. The molecule has 0 aliphatic heterocycles. The van der Waals surface area contributed by atoms with Crippen molar-refractivity contribution < 1.29 is 30.9 Å². The minimum absolute atomic E-state index is 0.120. The molecular weight excluding hydrogens is 362 g/mol. The quantitative estimate of drug-likeness (QED) is 0.469. The molecule has 0 aliphatic carbocycles. The van der Waals surface area contributed by atoms with Crippen LogP contribution in [0.3, 0.4) is 0 Å². The standard InChI is InChI=1S/C13H11NO8S2/c1-8-5-6-9(23(17,18)19)7-10(8)13-11(14(15)16)3-2-4-12(13)24(20,21)22/h2-7H,1H3,(H,17,18,19)(H,20,21,22). The molecule has 0 unspecified atom stereocenters. The Labute approximate surface area is 137 Å². The van der Waals surface area contributed by atoms with Crippen LogP contribution in [-0.4, -0.2) is 30.9 Å². The fraction of sp³-hybridized carbons (Fsp3) is 0.0769. The first-order valence-electron chi connectivity index (χ1n) is 6.26. The number of benzene rings is 2. The molecule has 128 valence electrons. The molecule has 11 heteroatoms. The summed E-state index contributed by atoms with van der Waals surface area (Å²) in [4.78, 5) is 9.06. The van der Waals surface area contributed by atoms with E-state index in [0.29, 0.717) is 5.56 Å². The SMILES string of the molecule is Cc1ccc(S(=O)(=O)O)cc1-c1c([N+](=O)[O-])cccc1S(=O)(=O)O. The molecule has 0 aliphatic rings. The van der Waals surface area contributed by atoms with Crippen LogP contribution in [0.15, 0.2) is 46.2 Å². The average Bonchev–Trinajstić information content (AvgIpc) is 2.44. The van der Waals surface area contributed by atoms with Crippen LogP contribution in [0.5, 0.6) is 0 Å². The van der Waals surface area contributed by atoms with Crippen molar-refractivity contribution in [2.45, 2.75) is 16.7 Å². The minimum Gasteiger partial charge on any atom is -0.282 e. The van der Waals surface area contributed by atoms with Crippen LogP contribution in [-0.2, 0) is 20.2 Å². The molecule has 9 nitrogen and oxygen atoms in total. The molecule has 0 aromatic heterocycles. The second-order valence-electron chi connectivity index (χ2n) is 4.83. The van der Waals surface area contributed by atoms with Crippen molar-refractivity contribution in [3.8, 4) is 11.1 Å².